The van der Waals surface area contributed by atoms with Crippen LogP contribution in [0.4, 0.5) is 0 Å². The number of thiophene rings is 1. The summed E-state index contributed by atoms with van der Waals surface area (Å²) in [6.45, 7) is 0. The highest BCUT2D eigenvalue weighted by Gasteiger charge is 2.00. The van der Waals surface area contributed by atoms with Crippen molar-refractivity contribution in [3.05, 3.63) is 19.2 Å². The summed E-state index contributed by atoms with van der Waals surface area (Å²) in [5, 5.41) is 7.15. The van der Waals surface area contributed by atoms with E-state index in [1.165, 1.54) is 11.3 Å². The van der Waals surface area contributed by atoms with Crippen molar-refractivity contribution in [3.8, 4) is 0 Å². The van der Waals surface area contributed by atoms with E-state index in [4.69, 9.17) is 11.5 Å². The smallest absolute Gasteiger partial charge is 0.211 e. The lowest BCUT2D eigenvalue weighted by atomic mass is 10.5. The Morgan fingerprint density at radius 1 is 1.46 bits per heavy atom. The molecule has 7 heteroatoms. The molecule has 0 amide bonds. The Labute approximate surface area is 96.0 Å². The maximum Gasteiger partial charge on any atom is 0.211 e. The molecule has 0 aromatic carbocycles. The topological polar surface area (TPSA) is 76.8 Å². The van der Waals surface area contributed by atoms with Gasteiger partial charge in [0.2, 0.25) is 5.96 Å². The first-order valence-electron chi connectivity index (χ1n) is 3.16. The maximum absolute atomic E-state index is 5.09. The summed E-state index contributed by atoms with van der Waals surface area (Å²) in [4.78, 5) is 0.962. The fraction of sp³-hybridized carbons (Fsp3) is 0. The summed E-state index contributed by atoms with van der Waals surface area (Å²) in [6, 6.07) is 1.92. The van der Waals surface area contributed by atoms with Gasteiger partial charge in [-0.2, -0.15) is 5.10 Å². The molecule has 0 aliphatic carbocycles. The van der Waals surface area contributed by atoms with E-state index in [1.54, 1.807) is 6.21 Å². The second-order valence-corrected chi connectivity index (χ2v) is 5.30. The van der Waals surface area contributed by atoms with Gasteiger partial charge in [0.05, 0.1) is 10.0 Å². The molecule has 4 nitrogen and oxygen atoms in total. The highest BCUT2D eigenvalue weighted by molar-refractivity contribution is 9.13. The van der Waals surface area contributed by atoms with Crippen LogP contribution in [-0.4, -0.2) is 12.2 Å². The number of hydrogen-bond acceptors (Lipinski definition) is 3. The van der Waals surface area contributed by atoms with Crippen LogP contribution >= 0.6 is 43.2 Å². The van der Waals surface area contributed by atoms with Crippen molar-refractivity contribution < 1.29 is 0 Å². The number of nitrogens with two attached hydrogens (primary N) is 2. The average molecular weight is 326 g/mol. The molecule has 0 fully saturated rings. The molecule has 70 valence electrons. The standard InChI is InChI=1S/C6H6Br2N4S/c7-4-1-3(13-5(4)8)2-11-12-6(9)10/h1-2H,(H4,9,10,12)/b11-2+. The van der Waals surface area contributed by atoms with E-state index in [2.05, 4.69) is 42.1 Å². The van der Waals surface area contributed by atoms with Crippen molar-refractivity contribution in [2.45, 2.75) is 0 Å². The van der Waals surface area contributed by atoms with E-state index in [0.29, 0.717) is 0 Å². The van der Waals surface area contributed by atoms with Crippen LogP contribution in [0.1, 0.15) is 4.88 Å². The monoisotopic (exact) mass is 324 g/mol. The van der Waals surface area contributed by atoms with Crippen molar-refractivity contribution in [2.24, 2.45) is 21.7 Å². The molecule has 1 aromatic rings. The minimum Gasteiger partial charge on any atom is -0.369 e. The Morgan fingerprint density at radius 2 is 2.15 bits per heavy atom. The number of hydrogen-bond donors (Lipinski definition) is 2. The van der Waals surface area contributed by atoms with Gasteiger partial charge in [0, 0.05) is 9.35 Å². The average Bonchev–Trinajstić information content (AvgIpc) is 2.30. The third kappa shape index (κ3) is 3.45. The van der Waals surface area contributed by atoms with Gasteiger partial charge in [-0.25, -0.2) is 0 Å². The second-order valence-electron chi connectivity index (χ2n) is 2.04. The van der Waals surface area contributed by atoms with Gasteiger partial charge < -0.3 is 11.5 Å². The molecular formula is C6H6Br2N4S. The molecule has 0 saturated heterocycles. The van der Waals surface area contributed by atoms with Gasteiger partial charge in [-0.05, 0) is 37.9 Å². The molecule has 13 heavy (non-hydrogen) atoms. The lowest BCUT2D eigenvalue weighted by molar-refractivity contribution is 1.22. The molecule has 0 aliphatic rings. The van der Waals surface area contributed by atoms with Crippen molar-refractivity contribution in [2.75, 3.05) is 0 Å². The largest absolute Gasteiger partial charge is 0.369 e. The summed E-state index contributed by atoms with van der Waals surface area (Å²) in [7, 11) is 0. The first kappa shape index (κ1) is 10.7. The Kier molecular flexibility index (Phi) is 3.89. The number of nitrogens with zero attached hydrogens (tertiary/aromatic N) is 2. The zero-order chi connectivity index (χ0) is 9.84. The summed E-state index contributed by atoms with van der Waals surface area (Å²) >= 11 is 8.25. The van der Waals surface area contributed by atoms with Crippen LogP contribution in [-0.2, 0) is 0 Å². The Morgan fingerprint density at radius 3 is 2.62 bits per heavy atom. The molecule has 0 radical (unpaired) electrons. The van der Waals surface area contributed by atoms with E-state index in [-0.39, 0.29) is 5.96 Å². The third-order valence-corrected chi connectivity index (χ3v) is 4.21. The van der Waals surface area contributed by atoms with Gasteiger partial charge in [-0.3, -0.25) is 0 Å². The van der Waals surface area contributed by atoms with Crippen LogP contribution in [0.5, 0.6) is 0 Å². The van der Waals surface area contributed by atoms with Crippen LogP contribution in [0.25, 0.3) is 0 Å². The van der Waals surface area contributed by atoms with E-state index >= 15 is 0 Å². The summed E-state index contributed by atoms with van der Waals surface area (Å²) in [5.74, 6) is -0.0501. The van der Waals surface area contributed by atoms with Gasteiger partial charge in [0.1, 0.15) is 0 Å². The quantitative estimate of drug-likeness (QED) is 0.495. The molecule has 0 bridgehead atoms. The minimum atomic E-state index is -0.0501. The van der Waals surface area contributed by atoms with Crippen molar-refractivity contribution >= 4 is 55.4 Å². The van der Waals surface area contributed by atoms with Crippen molar-refractivity contribution in [1.29, 1.82) is 0 Å². The second kappa shape index (κ2) is 4.73. The lowest BCUT2D eigenvalue weighted by Gasteiger charge is -1.82. The fourth-order valence-corrected chi connectivity index (χ4v) is 2.54. The van der Waals surface area contributed by atoms with Gasteiger partial charge in [0.25, 0.3) is 0 Å². The Balaban J connectivity index is 2.75. The van der Waals surface area contributed by atoms with Gasteiger partial charge >= 0.3 is 0 Å². The summed E-state index contributed by atoms with van der Waals surface area (Å²) < 4.78 is 2.00. The molecule has 0 spiro atoms. The summed E-state index contributed by atoms with van der Waals surface area (Å²) in [6.07, 6.45) is 1.58. The van der Waals surface area contributed by atoms with Crippen LogP contribution < -0.4 is 11.5 Å². The maximum atomic E-state index is 5.09. The molecule has 1 rings (SSSR count). The highest BCUT2D eigenvalue weighted by Crippen LogP contribution is 2.31. The highest BCUT2D eigenvalue weighted by atomic mass is 79.9. The third-order valence-electron chi connectivity index (χ3n) is 1.02. The Bertz CT molecular complexity index is 334. The van der Waals surface area contributed by atoms with Crippen LogP contribution in [0.2, 0.25) is 0 Å². The Hall–Kier alpha value is -0.400. The van der Waals surface area contributed by atoms with Gasteiger partial charge in [0.15, 0.2) is 0 Å². The summed E-state index contributed by atoms with van der Waals surface area (Å²) in [5.41, 5.74) is 10.2. The fourth-order valence-electron chi connectivity index (χ4n) is 0.579. The molecule has 1 aromatic heterocycles. The number of rotatable bonds is 2. The van der Waals surface area contributed by atoms with E-state index in [0.717, 1.165) is 13.1 Å². The predicted molar refractivity (Wildman–Crippen MR) is 63.1 cm³/mol. The zero-order valence-corrected chi connectivity index (χ0v) is 10.4. The van der Waals surface area contributed by atoms with Crippen LogP contribution in [0.3, 0.4) is 0 Å². The number of halogens is 2. The van der Waals surface area contributed by atoms with E-state index < -0.39 is 0 Å². The zero-order valence-electron chi connectivity index (χ0n) is 6.37. The molecule has 1 heterocycles. The molecule has 4 N–H and O–H groups in total. The van der Waals surface area contributed by atoms with Crippen LogP contribution in [0, 0.1) is 0 Å². The predicted octanol–water partition coefficient (Wildman–Crippen LogP) is 1.88. The van der Waals surface area contributed by atoms with Crippen molar-refractivity contribution in [3.63, 3.8) is 0 Å². The SMILES string of the molecule is NC(N)=N/N=C/c1cc(Br)c(Br)s1. The molecule has 0 aliphatic heterocycles. The van der Waals surface area contributed by atoms with Crippen LogP contribution in [0.15, 0.2) is 24.5 Å². The van der Waals surface area contributed by atoms with E-state index in [9.17, 15) is 0 Å². The van der Waals surface area contributed by atoms with Crippen molar-refractivity contribution in [1.82, 2.24) is 0 Å². The normalized spacial score (nSPS) is 10.6. The molecule has 0 saturated carbocycles. The molecule has 0 atom stereocenters. The first-order valence-corrected chi connectivity index (χ1v) is 5.56. The molecule has 0 unspecified atom stereocenters. The van der Waals surface area contributed by atoms with Gasteiger partial charge in [-0.15, -0.1) is 16.4 Å². The first-order chi connectivity index (χ1) is 6.09. The van der Waals surface area contributed by atoms with E-state index in [1.807, 2.05) is 6.07 Å². The molecular weight excluding hydrogens is 320 g/mol. The minimum absolute atomic E-state index is 0.0501. The lowest BCUT2D eigenvalue weighted by Crippen LogP contribution is -2.21. The van der Waals surface area contributed by atoms with Gasteiger partial charge in [-0.1, -0.05) is 0 Å². The number of guanidine groups is 1.